The average Bonchev–Trinajstić information content (AvgIpc) is 1.80. The zero-order valence-electron chi connectivity index (χ0n) is 5.85. The van der Waals surface area contributed by atoms with Gasteiger partial charge in [-0.25, -0.2) is 0 Å². The van der Waals surface area contributed by atoms with Crippen LogP contribution in [0.3, 0.4) is 0 Å². The van der Waals surface area contributed by atoms with Crippen LogP contribution in [0.2, 0.25) is 0 Å². The Hall–Kier alpha value is -0.130. The Bertz CT molecular complexity index is 138. The van der Waals surface area contributed by atoms with Crippen molar-refractivity contribution in [2.75, 3.05) is 0 Å². The minimum atomic E-state index is 0.734. The summed E-state index contributed by atoms with van der Waals surface area (Å²) < 4.78 is 0. The van der Waals surface area contributed by atoms with E-state index in [2.05, 4.69) is 6.92 Å². The lowest BCUT2D eigenvalue weighted by Gasteiger charge is -2.21. The van der Waals surface area contributed by atoms with Crippen molar-refractivity contribution in [3.05, 3.63) is 10.9 Å². The topological polar surface area (TPSA) is 0 Å². The highest BCUT2D eigenvalue weighted by Crippen LogP contribution is 2.24. The van der Waals surface area contributed by atoms with Crippen molar-refractivity contribution in [1.29, 1.82) is 0 Å². The van der Waals surface area contributed by atoms with E-state index in [1.54, 1.807) is 0 Å². The summed E-state index contributed by atoms with van der Waals surface area (Å²) in [5, 5.41) is 0. The van der Waals surface area contributed by atoms with Crippen LogP contribution in [0.15, 0.2) is 10.9 Å². The largest absolute Gasteiger partial charge is 0.128 e. The van der Waals surface area contributed by atoms with E-state index in [1.807, 2.05) is 0 Å². The lowest BCUT2D eigenvalue weighted by atomic mass is 9.69. The molecule has 0 nitrogen and oxygen atoms in total. The summed E-state index contributed by atoms with van der Waals surface area (Å²) in [7, 11) is 11.2. The Kier molecular flexibility index (Phi) is 2.05. The Morgan fingerprint density at radius 2 is 2.00 bits per heavy atom. The van der Waals surface area contributed by atoms with Gasteiger partial charge in [0.2, 0.25) is 0 Å². The monoisotopic (exact) mass is 116 g/mol. The molecule has 0 spiro atoms. The van der Waals surface area contributed by atoms with Crippen LogP contribution >= 0.6 is 0 Å². The highest BCUT2D eigenvalue weighted by molar-refractivity contribution is 6.31. The van der Waals surface area contributed by atoms with Gasteiger partial charge in [-0.05, 0) is 25.2 Å². The normalized spacial score (nSPS) is 28.8. The molecule has 0 N–H and O–H groups in total. The Morgan fingerprint density at radius 1 is 1.33 bits per heavy atom. The van der Waals surface area contributed by atoms with Crippen molar-refractivity contribution in [3.8, 4) is 0 Å². The summed E-state index contributed by atoms with van der Waals surface area (Å²) in [6, 6.07) is 0. The van der Waals surface area contributed by atoms with Gasteiger partial charge >= 0.3 is 0 Å². The van der Waals surface area contributed by atoms with Crippen molar-refractivity contribution < 1.29 is 0 Å². The SMILES string of the molecule is [B]C1=C([B])CC(C)CC1. The van der Waals surface area contributed by atoms with Crippen molar-refractivity contribution >= 4 is 15.7 Å². The predicted octanol–water partition coefficient (Wildman–Crippen LogP) is 1.35. The summed E-state index contributed by atoms with van der Waals surface area (Å²) in [4.78, 5) is 0. The molecule has 0 saturated carbocycles. The molecule has 44 valence electrons. The minimum Gasteiger partial charge on any atom is -0.128 e. The van der Waals surface area contributed by atoms with Crippen LogP contribution in [0.25, 0.3) is 0 Å². The van der Waals surface area contributed by atoms with Crippen LogP contribution < -0.4 is 0 Å². The van der Waals surface area contributed by atoms with E-state index in [0.29, 0.717) is 0 Å². The molecular formula is C7H10B2. The third-order valence-corrected chi connectivity index (χ3v) is 1.89. The van der Waals surface area contributed by atoms with Crippen LogP contribution in [0.4, 0.5) is 0 Å². The third kappa shape index (κ3) is 1.64. The van der Waals surface area contributed by atoms with Crippen molar-refractivity contribution in [2.24, 2.45) is 5.92 Å². The minimum absolute atomic E-state index is 0.734. The molecule has 1 unspecified atom stereocenters. The second kappa shape index (κ2) is 2.64. The van der Waals surface area contributed by atoms with E-state index >= 15 is 0 Å². The lowest BCUT2D eigenvalue weighted by Crippen LogP contribution is -2.07. The van der Waals surface area contributed by atoms with Crippen molar-refractivity contribution in [1.82, 2.24) is 0 Å². The first-order valence-electron chi connectivity index (χ1n) is 3.43. The average molecular weight is 116 g/mol. The number of hydrogen-bond acceptors (Lipinski definition) is 0. The zero-order chi connectivity index (χ0) is 6.85. The summed E-state index contributed by atoms with van der Waals surface area (Å²) in [6.45, 7) is 2.21. The molecule has 9 heavy (non-hydrogen) atoms. The highest BCUT2D eigenvalue weighted by atomic mass is 14.1. The van der Waals surface area contributed by atoms with E-state index in [9.17, 15) is 0 Å². The lowest BCUT2D eigenvalue weighted by molar-refractivity contribution is 0.517. The first-order chi connectivity index (χ1) is 4.20. The molecule has 1 aliphatic rings. The van der Waals surface area contributed by atoms with E-state index in [-0.39, 0.29) is 0 Å². The van der Waals surface area contributed by atoms with Gasteiger partial charge in [0, 0.05) is 0 Å². The van der Waals surface area contributed by atoms with Gasteiger partial charge in [0.1, 0.15) is 15.7 Å². The molecule has 4 radical (unpaired) electrons. The van der Waals surface area contributed by atoms with Crippen LogP contribution in [0.5, 0.6) is 0 Å². The molecule has 0 aromatic carbocycles. The molecule has 0 aliphatic heterocycles. The summed E-state index contributed by atoms with van der Waals surface area (Å²) in [5.41, 5.74) is 1.82. The molecular weight excluding hydrogens is 106 g/mol. The van der Waals surface area contributed by atoms with Gasteiger partial charge in [0.15, 0.2) is 0 Å². The van der Waals surface area contributed by atoms with E-state index < -0.39 is 0 Å². The fraction of sp³-hybridized carbons (Fsp3) is 0.714. The fourth-order valence-electron chi connectivity index (χ4n) is 1.17. The summed E-state index contributed by atoms with van der Waals surface area (Å²) >= 11 is 0. The van der Waals surface area contributed by atoms with Gasteiger partial charge in [0.05, 0.1) is 0 Å². The van der Waals surface area contributed by atoms with Gasteiger partial charge in [-0.3, -0.25) is 0 Å². The second-order valence-electron chi connectivity index (χ2n) is 2.90. The predicted molar refractivity (Wildman–Crippen MR) is 41.5 cm³/mol. The highest BCUT2D eigenvalue weighted by Gasteiger charge is 2.10. The van der Waals surface area contributed by atoms with Gasteiger partial charge in [-0.1, -0.05) is 6.92 Å². The molecule has 0 fully saturated rings. The van der Waals surface area contributed by atoms with E-state index in [1.165, 1.54) is 6.42 Å². The molecule has 1 rings (SSSR count). The third-order valence-electron chi connectivity index (χ3n) is 1.89. The van der Waals surface area contributed by atoms with Crippen molar-refractivity contribution in [2.45, 2.75) is 26.2 Å². The molecule has 2 heteroatoms. The number of allylic oxidation sites excluding steroid dienone is 2. The number of rotatable bonds is 0. The fourth-order valence-corrected chi connectivity index (χ4v) is 1.17. The van der Waals surface area contributed by atoms with Crippen LogP contribution in [0.1, 0.15) is 26.2 Å². The van der Waals surface area contributed by atoms with Crippen LogP contribution in [0, 0.1) is 5.92 Å². The molecule has 1 atom stereocenters. The van der Waals surface area contributed by atoms with E-state index in [4.69, 9.17) is 15.7 Å². The molecule has 0 aromatic heterocycles. The molecule has 0 saturated heterocycles. The molecule has 0 heterocycles. The summed E-state index contributed by atoms with van der Waals surface area (Å²) in [6.07, 6.45) is 3.19. The van der Waals surface area contributed by atoms with Gasteiger partial charge in [0.25, 0.3) is 0 Å². The summed E-state index contributed by atoms with van der Waals surface area (Å²) in [5.74, 6) is 0.734. The zero-order valence-corrected chi connectivity index (χ0v) is 5.85. The first kappa shape index (κ1) is 6.98. The molecule has 1 aliphatic carbocycles. The standard InChI is InChI=1S/C7H10B2/c1-5-2-3-6(8)7(9)4-5/h5H,2-4H2,1H3. The van der Waals surface area contributed by atoms with Gasteiger partial charge in [-0.2, -0.15) is 0 Å². The maximum Gasteiger partial charge on any atom is 0.106 e. The molecule has 0 bridgehead atoms. The van der Waals surface area contributed by atoms with Gasteiger partial charge in [-0.15, -0.1) is 10.9 Å². The Balaban J connectivity index is 2.61. The maximum atomic E-state index is 5.62. The van der Waals surface area contributed by atoms with Crippen LogP contribution in [-0.2, 0) is 0 Å². The van der Waals surface area contributed by atoms with Crippen LogP contribution in [-0.4, -0.2) is 15.7 Å². The van der Waals surface area contributed by atoms with E-state index in [0.717, 1.165) is 29.7 Å². The number of hydrogen-bond donors (Lipinski definition) is 0. The Labute approximate surface area is 59.5 Å². The van der Waals surface area contributed by atoms with Crippen molar-refractivity contribution in [3.63, 3.8) is 0 Å². The molecule has 0 aromatic rings. The smallest absolute Gasteiger partial charge is 0.106 e. The second-order valence-corrected chi connectivity index (χ2v) is 2.90. The first-order valence-corrected chi connectivity index (χ1v) is 3.43. The maximum absolute atomic E-state index is 5.62. The Morgan fingerprint density at radius 3 is 2.44 bits per heavy atom. The van der Waals surface area contributed by atoms with Gasteiger partial charge < -0.3 is 0 Å². The molecule has 0 amide bonds. The quantitative estimate of drug-likeness (QED) is 0.419.